The monoisotopic (exact) mass is 293 g/mol. The van der Waals surface area contributed by atoms with Gasteiger partial charge in [0.05, 0.1) is 0 Å². The zero-order chi connectivity index (χ0) is 9.14. The molecule has 0 radical (unpaired) electrons. The van der Waals surface area contributed by atoms with Crippen molar-refractivity contribution in [2.75, 3.05) is 14.1 Å². The van der Waals surface area contributed by atoms with Crippen LogP contribution < -0.4 is 5.46 Å². The summed E-state index contributed by atoms with van der Waals surface area (Å²) in [6.45, 7) is 0. The van der Waals surface area contributed by atoms with Crippen LogP contribution in [0.3, 0.4) is 0 Å². The first-order chi connectivity index (χ1) is 5.61. The molecule has 0 atom stereocenters. The summed E-state index contributed by atoms with van der Waals surface area (Å²) in [4.78, 5) is 1.98. The van der Waals surface area contributed by atoms with E-state index in [1.807, 2.05) is 18.9 Å². The minimum absolute atomic E-state index is 0.0259. The average Bonchev–Trinajstić information content (AvgIpc) is 2.04. The van der Waals surface area contributed by atoms with Gasteiger partial charge in [-0.1, -0.05) is 12.1 Å². The molecule has 64 valence electrons. The first kappa shape index (κ1) is 10.3. The summed E-state index contributed by atoms with van der Waals surface area (Å²) < 4.78 is 1.24. The fourth-order valence-corrected chi connectivity index (χ4v) is 1.42. The summed E-state index contributed by atoms with van der Waals surface area (Å²) >= 11 is 8.40. The SMILES string of the molecule is CN(C)B(Cl)c1ccc(I)cc1. The highest BCUT2D eigenvalue weighted by Crippen LogP contribution is 2.02. The summed E-state index contributed by atoms with van der Waals surface area (Å²) in [5.41, 5.74) is 1.14. The van der Waals surface area contributed by atoms with Crippen LogP contribution in [0.4, 0.5) is 0 Å². The van der Waals surface area contributed by atoms with Gasteiger partial charge in [-0.25, -0.2) is 0 Å². The fourth-order valence-electron chi connectivity index (χ4n) is 0.920. The molecule has 0 amide bonds. The van der Waals surface area contributed by atoms with Gasteiger partial charge >= 0.3 is 6.26 Å². The van der Waals surface area contributed by atoms with Crippen molar-refractivity contribution in [1.29, 1.82) is 0 Å². The standard InChI is InChI=1S/C8H10BClIN/c1-12(2)9(10)7-3-5-8(11)6-4-7/h3-6H,1-2H3. The van der Waals surface area contributed by atoms with Crippen molar-refractivity contribution in [2.24, 2.45) is 0 Å². The van der Waals surface area contributed by atoms with Crippen LogP contribution >= 0.6 is 34.1 Å². The van der Waals surface area contributed by atoms with Gasteiger partial charge in [0.1, 0.15) is 0 Å². The van der Waals surface area contributed by atoms with Gasteiger partial charge in [-0.05, 0) is 54.3 Å². The molecule has 4 heteroatoms. The molecule has 0 bridgehead atoms. The molecule has 1 aromatic rings. The van der Waals surface area contributed by atoms with Gasteiger partial charge < -0.3 is 4.81 Å². The second-order valence-electron chi connectivity index (χ2n) is 2.85. The van der Waals surface area contributed by atoms with Crippen LogP contribution in [0, 0.1) is 3.57 Å². The molecular weight excluding hydrogens is 283 g/mol. The predicted molar refractivity (Wildman–Crippen MR) is 64.1 cm³/mol. The van der Waals surface area contributed by atoms with Crippen LogP contribution in [-0.4, -0.2) is 25.2 Å². The molecule has 0 aliphatic rings. The van der Waals surface area contributed by atoms with E-state index in [2.05, 4.69) is 46.9 Å². The maximum atomic E-state index is 6.12. The van der Waals surface area contributed by atoms with E-state index in [0.717, 1.165) is 5.46 Å². The van der Waals surface area contributed by atoms with Crippen LogP contribution in [0.2, 0.25) is 0 Å². The van der Waals surface area contributed by atoms with Crippen molar-refractivity contribution >= 4 is 45.8 Å². The van der Waals surface area contributed by atoms with E-state index in [-0.39, 0.29) is 6.26 Å². The van der Waals surface area contributed by atoms with Crippen LogP contribution in [0.25, 0.3) is 0 Å². The molecule has 1 rings (SSSR count). The topological polar surface area (TPSA) is 3.24 Å². The van der Waals surface area contributed by atoms with Crippen molar-refractivity contribution in [1.82, 2.24) is 4.81 Å². The molecule has 0 spiro atoms. The average molecular weight is 293 g/mol. The van der Waals surface area contributed by atoms with E-state index in [0.29, 0.717) is 0 Å². The lowest BCUT2D eigenvalue weighted by Crippen LogP contribution is -2.38. The summed E-state index contributed by atoms with van der Waals surface area (Å²) in [7, 11) is 3.94. The lowest BCUT2D eigenvalue weighted by atomic mass is 9.80. The van der Waals surface area contributed by atoms with Crippen LogP contribution in [-0.2, 0) is 0 Å². The molecule has 0 saturated heterocycles. The maximum absolute atomic E-state index is 6.12. The van der Waals surface area contributed by atoms with E-state index in [4.69, 9.17) is 11.5 Å². The zero-order valence-corrected chi connectivity index (χ0v) is 10.0. The molecule has 0 aliphatic heterocycles. The summed E-state index contributed by atoms with van der Waals surface area (Å²) in [5.74, 6) is 0. The van der Waals surface area contributed by atoms with Crippen molar-refractivity contribution in [3.63, 3.8) is 0 Å². The highest BCUT2D eigenvalue weighted by molar-refractivity contribution is 14.1. The van der Waals surface area contributed by atoms with E-state index in [1.165, 1.54) is 3.57 Å². The number of nitrogens with zero attached hydrogens (tertiary/aromatic N) is 1. The molecule has 0 N–H and O–H groups in total. The summed E-state index contributed by atoms with van der Waals surface area (Å²) in [6.07, 6.45) is -0.0259. The summed E-state index contributed by atoms with van der Waals surface area (Å²) in [6, 6.07) is 8.24. The van der Waals surface area contributed by atoms with Crippen molar-refractivity contribution in [2.45, 2.75) is 0 Å². The van der Waals surface area contributed by atoms with E-state index in [9.17, 15) is 0 Å². The summed E-state index contributed by atoms with van der Waals surface area (Å²) in [5, 5.41) is 0. The third-order valence-corrected chi connectivity index (χ3v) is 2.96. The minimum Gasteiger partial charge on any atom is -0.330 e. The lowest BCUT2D eigenvalue weighted by molar-refractivity contribution is 0.663. The highest BCUT2D eigenvalue weighted by atomic mass is 127. The Morgan fingerprint density at radius 2 is 1.75 bits per heavy atom. The van der Waals surface area contributed by atoms with Crippen molar-refractivity contribution in [3.05, 3.63) is 27.8 Å². The molecule has 0 unspecified atom stereocenters. The minimum atomic E-state index is -0.0259. The maximum Gasteiger partial charge on any atom is 0.364 e. The highest BCUT2D eigenvalue weighted by Gasteiger charge is 2.15. The Labute approximate surface area is 92.2 Å². The second kappa shape index (κ2) is 4.49. The molecule has 12 heavy (non-hydrogen) atoms. The van der Waals surface area contributed by atoms with Gasteiger partial charge in [-0.2, -0.15) is 11.5 Å². The normalized spacial score (nSPS) is 10.4. The zero-order valence-electron chi connectivity index (χ0n) is 7.09. The predicted octanol–water partition coefficient (Wildman–Crippen LogP) is 1.79. The Kier molecular flexibility index (Phi) is 3.87. The Bertz CT molecular complexity index is 250. The largest absolute Gasteiger partial charge is 0.364 e. The van der Waals surface area contributed by atoms with E-state index in [1.54, 1.807) is 0 Å². The first-order valence-corrected chi connectivity index (χ1v) is 5.19. The fraction of sp³-hybridized carbons (Fsp3) is 0.250. The Hall–Kier alpha value is 0.265. The molecule has 0 saturated carbocycles. The number of hydrogen-bond donors (Lipinski definition) is 0. The smallest absolute Gasteiger partial charge is 0.330 e. The first-order valence-electron chi connectivity index (χ1n) is 3.67. The third kappa shape index (κ3) is 2.64. The molecular formula is C8H10BClIN. The lowest BCUT2D eigenvalue weighted by Gasteiger charge is -2.13. The van der Waals surface area contributed by atoms with Gasteiger partial charge in [0.25, 0.3) is 0 Å². The molecule has 1 nitrogen and oxygen atoms in total. The van der Waals surface area contributed by atoms with E-state index < -0.39 is 0 Å². The molecule has 1 aromatic carbocycles. The Morgan fingerprint density at radius 3 is 2.17 bits per heavy atom. The number of benzene rings is 1. The van der Waals surface area contributed by atoms with E-state index >= 15 is 0 Å². The van der Waals surface area contributed by atoms with Gasteiger partial charge in [0, 0.05) is 3.57 Å². The number of rotatable bonds is 2. The number of halogens is 2. The molecule has 0 aliphatic carbocycles. The van der Waals surface area contributed by atoms with Crippen LogP contribution in [0.15, 0.2) is 24.3 Å². The molecule has 0 aromatic heterocycles. The number of hydrogen-bond acceptors (Lipinski definition) is 1. The Morgan fingerprint density at radius 1 is 1.25 bits per heavy atom. The Balaban J connectivity index is 2.82. The second-order valence-corrected chi connectivity index (χ2v) is 4.51. The van der Waals surface area contributed by atoms with Gasteiger partial charge in [-0.3, -0.25) is 0 Å². The molecule has 0 heterocycles. The van der Waals surface area contributed by atoms with Crippen molar-refractivity contribution < 1.29 is 0 Å². The van der Waals surface area contributed by atoms with Crippen molar-refractivity contribution in [3.8, 4) is 0 Å². The van der Waals surface area contributed by atoms with Gasteiger partial charge in [0.15, 0.2) is 0 Å². The van der Waals surface area contributed by atoms with Crippen LogP contribution in [0.1, 0.15) is 0 Å². The van der Waals surface area contributed by atoms with Crippen LogP contribution in [0.5, 0.6) is 0 Å². The quantitative estimate of drug-likeness (QED) is 0.593. The van der Waals surface area contributed by atoms with Gasteiger partial charge in [-0.15, -0.1) is 0 Å². The van der Waals surface area contributed by atoms with Gasteiger partial charge in [0.2, 0.25) is 0 Å². The third-order valence-electron chi connectivity index (χ3n) is 1.60. The molecule has 0 fully saturated rings.